The van der Waals surface area contributed by atoms with E-state index in [2.05, 4.69) is 58.8 Å². The maximum atomic E-state index is 11.7. The van der Waals surface area contributed by atoms with E-state index in [9.17, 15) is 10.0 Å². The van der Waals surface area contributed by atoms with Crippen molar-refractivity contribution in [3.63, 3.8) is 0 Å². The zero-order valence-electron chi connectivity index (χ0n) is 18.4. The average Bonchev–Trinajstić information content (AvgIpc) is 2.81. The lowest BCUT2D eigenvalue weighted by Crippen LogP contribution is -2.26. The molecule has 2 N–H and O–H groups in total. The third kappa shape index (κ3) is 4.78. The van der Waals surface area contributed by atoms with Crippen LogP contribution in [0, 0.1) is 13.8 Å². The van der Waals surface area contributed by atoms with Gasteiger partial charge in [-0.15, -0.1) is 0 Å². The minimum absolute atomic E-state index is 0.0215. The van der Waals surface area contributed by atoms with Gasteiger partial charge in [-0.25, -0.2) is 0 Å². The maximum absolute atomic E-state index is 11.7. The Kier molecular flexibility index (Phi) is 6.45. The number of carbonyl (C=O) groups is 1. The molecule has 1 unspecified atom stereocenters. The van der Waals surface area contributed by atoms with Crippen molar-refractivity contribution in [3.05, 3.63) is 106 Å². The summed E-state index contributed by atoms with van der Waals surface area (Å²) in [4.78, 5) is 16.0. The van der Waals surface area contributed by atoms with Gasteiger partial charge in [0.15, 0.2) is 0 Å². The molecule has 2 heterocycles. The summed E-state index contributed by atoms with van der Waals surface area (Å²) in [7, 11) is 0. The van der Waals surface area contributed by atoms with Gasteiger partial charge in [-0.1, -0.05) is 53.7 Å². The second-order valence-electron chi connectivity index (χ2n) is 8.18. The van der Waals surface area contributed by atoms with E-state index in [-0.39, 0.29) is 11.8 Å². The van der Waals surface area contributed by atoms with Gasteiger partial charge in [0.05, 0.1) is 5.71 Å². The van der Waals surface area contributed by atoms with E-state index in [4.69, 9.17) is 0 Å². The van der Waals surface area contributed by atoms with Crippen molar-refractivity contribution in [2.75, 3.05) is 6.54 Å². The average molecular weight is 426 g/mol. The van der Waals surface area contributed by atoms with E-state index in [0.717, 1.165) is 34.4 Å². The highest BCUT2D eigenvalue weighted by Gasteiger charge is 2.21. The van der Waals surface area contributed by atoms with Crippen LogP contribution >= 0.6 is 0 Å². The molecular weight excluding hydrogens is 398 g/mol. The van der Waals surface area contributed by atoms with Crippen LogP contribution < -0.4 is 5.32 Å². The van der Waals surface area contributed by atoms with E-state index < -0.39 is 0 Å². The highest BCUT2D eigenvalue weighted by atomic mass is 16.4. The van der Waals surface area contributed by atoms with Crippen LogP contribution in [-0.2, 0) is 4.79 Å². The lowest BCUT2D eigenvalue weighted by atomic mass is 9.83. The van der Waals surface area contributed by atoms with Gasteiger partial charge < -0.3 is 10.5 Å². The molecule has 0 radical (unpaired) electrons. The van der Waals surface area contributed by atoms with E-state index in [1.807, 2.05) is 31.2 Å². The number of hydrogen-bond acceptors (Lipinski definition) is 4. The number of nitrogens with one attached hydrogen (secondary N) is 1. The zero-order chi connectivity index (χ0) is 22.5. The summed E-state index contributed by atoms with van der Waals surface area (Å²) < 4.78 is 0. The van der Waals surface area contributed by atoms with Gasteiger partial charge in [0.25, 0.3) is 0 Å². The summed E-state index contributed by atoms with van der Waals surface area (Å²) >= 11 is 0. The minimum atomic E-state index is -0.0374. The standard InChI is InChI=1S/C27H27N3O2/c1-18-5-3-4-6-24(18)25(17-26(30-32)23-12-13-28-19(2)15-23)21-9-7-20(8-10-21)22-11-14-29-27(31)16-22/h3-10,12-13,15-16,25,32H,11,14,17H2,1-2H3,(H,29,31)/b30-26-. The second-order valence-corrected chi connectivity index (χ2v) is 8.18. The minimum Gasteiger partial charge on any atom is -0.411 e. The van der Waals surface area contributed by atoms with Gasteiger partial charge in [-0.05, 0) is 60.2 Å². The van der Waals surface area contributed by atoms with Crippen molar-refractivity contribution in [2.24, 2.45) is 5.16 Å². The largest absolute Gasteiger partial charge is 0.411 e. The number of carbonyl (C=O) groups excluding carboxylic acids is 1. The summed E-state index contributed by atoms with van der Waals surface area (Å²) in [6.45, 7) is 4.70. The Balaban J connectivity index is 1.70. The Morgan fingerprint density at radius 1 is 1.12 bits per heavy atom. The molecule has 5 nitrogen and oxygen atoms in total. The molecule has 0 spiro atoms. The van der Waals surface area contributed by atoms with Gasteiger partial charge >= 0.3 is 0 Å². The number of hydrogen-bond donors (Lipinski definition) is 2. The fourth-order valence-electron chi connectivity index (χ4n) is 4.28. The first kappa shape index (κ1) is 21.5. The molecule has 2 aromatic carbocycles. The van der Waals surface area contributed by atoms with E-state index >= 15 is 0 Å². The summed E-state index contributed by atoms with van der Waals surface area (Å²) in [6.07, 6.45) is 4.80. The van der Waals surface area contributed by atoms with Crippen LogP contribution in [0.1, 0.15) is 52.3 Å². The van der Waals surface area contributed by atoms with Gasteiger partial charge in [-0.2, -0.15) is 0 Å². The molecule has 1 aromatic heterocycles. The fraction of sp³-hybridized carbons (Fsp3) is 0.222. The summed E-state index contributed by atoms with van der Waals surface area (Å²) in [6, 6.07) is 20.5. The molecule has 1 amide bonds. The van der Waals surface area contributed by atoms with Gasteiger partial charge in [0, 0.05) is 42.4 Å². The van der Waals surface area contributed by atoms with E-state index in [1.54, 1.807) is 12.3 Å². The maximum Gasteiger partial charge on any atom is 0.244 e. The van der Waals surface area contributed by atoms with Crippen molar-refractivity contribution in [1.29, 1.82) is 0 Å². The predicted octanol–water partition coefficient (Wildman–Crippen LogP) is 5.00. The molecular formula is C27H27N3O2. The van der Waals surface area contributed by atoms with Crippen molar-refractivity contribution in [3.8, 4) is 0 Å². The van der Waals surface area contributed by atoms with Crippen LogP contribution in [0.5, 0.6) is 0 Å². The van der Waals surface area contributed by atoms with Crippen molar-refractivity contribution in [2.45, 2.75) is 32.6 Å². The smallest absolute Gasteiger partial charge is 0.244 e. The number of oxime groups is 1. The van der Waals surface area contributed by atoms with Crippen LogP contribution in [-0.4, -0.2) is 28.4 Å². The second kappa shape index (κ2) is 9.60. The Bertz CT molecular complexity index is 1180. The quantitative estimate of drug-likeness (QED) is 0.331. The van der Waals surface area contributed by atoms with E-state index in [0.29, 0.717) is 18.7 Å². The Morgan fingerprint density at radius 2 is 1.91 bits per heavy atom. The van der Waals surface area contributed by atoms with Crippen LogP contribution in [0.4, 0.5) is 0 Å². The number of aromatic nitrogens is 1. The van der Waals surface area contributed by atoms with Crippen molar-refractivity contribution >= 4 is 17.2 Å². The molecule has 0 saturated carbocycles. The molecule has 0 saturated heterocycles. The molecule has 1 aliphatic rings. The molecule has 4 rings (SSSR count). The molecule has 0 fully saturated rings. The molecule has 1 atom stereocenters. The first-order chi connectivity index (χ1) is 15.5. The summed E-state index contributed by atoms with van der Waals surface area (Å²) in [5.74, 6) is -0.0159. The number of pyridine rings is 1. The Labute approximate surface area is 188 Å². The van der Waals surface area contributed by atoms with Crippen LogP contribution in [0.15, 0.2) is 78.1 Å². The Morgan fingerprint density at radius 3 is 2.59 bits per heavy atom. The first-order valence-corrected chi connectivity index (χ1v) is 10.8. The zero-order valence-corrected chi connectivity index (χ0v) is 18.4. The SMILES string of the molecule is Cc1cc(/C(CC(c2ccc(C3=CC(=O)NCC3)cc2)c2ccccc2C)=N\O)ccn1. The van der Waals surface area contributed by atoms with E-state index in [1.165, 1.54) is 11.1 Å². The molecule has 0 bridgehead atoms. The Hall–Kier alpha value is -3.73. The fourth-order valence-corrected chi connectivity index (χ4v) is 4.28. The van der Waals surface area contributed by atoms with Gasteiger partial charge in [0.1, 0.15) is 0 Å². The number of rotatable bonds is 6. The molecule has 0 aliphatic carbocycles. The third-order valence-electron chi connectivity index (χ3n) is 5.99. The monoisotopic (exact) mass is 425 g/mol. The van der Waals surface area contributed by atoms with Crippen molar-refractivity contribution in [1.82, 2.24) is 10.3 Å². The number of amides is 1. The topological polar surface area (TPSA) is 74.6 Å². The molecule has 3 aromatic rings. The first-order valence-electron chi connectivity index (χ1n) is 10.8. The van der Waals surface area contributed by atoms with Gasteiger partial charge in [-0.3, -0.25) is 9.78 Å². The number of benzene rings is 2. The molecule has 162 valence electrons. The normalized spacial score (nSPS) is 15.1. The lowest BCUT2D eigenvalue weighted by Gasteiger charge is -2.22. The summed E-state index contributed by atoms with van der Waals surface area (Å²) in [5.41, 5.74) is 8.01. The highest BCUT2D eigenvalue weighted by molar-refractivity contribution is 6.01. The number of aryl methyl sites for hydroxylation is 2. The van der Waals surface area contributed by atoms with Crippen molar-refractivity contribution < 1.29 is 10.0 Å². The van der Waals surface area contributed by atoms with Crippen LogP contribution in [0.3, 0.4) is 0 Å². The predicted molar refractivity (Wildman–Crippen MR) is 127 cm³/mol. The van der Waals surface area contributed by atoms with Gasteiger partial charge in [0.2, 0.25) is 5.91 Å². The van der Waals surface area contributed by atoms with Crippen LogP contribution in [0.2, 0.25) is 0 Å². The summed E-state index contributed by atoms with van der Waals surface area (Å²) in [5, 5.41) is 16.3. The highest BCUT2D eigenvalue weighted by Crippen LogP contribution is 2.33. The molecule has 5 heteroatoms. The molecule has 32 heavy (non-hydrogen) atoms. The number of nitrogens with zero attached hydrogens (tertiary/aromatic N) is 2. The third-order valence-corrected chi connectivity index (χ3v) is 5.99. The molecule has 1 aliphatic heterocycles. The van der Waals surface area contributed by atoms with Crippen LogP contribution in [0.25, 0.3) is 5.57 Å². The lowest BCUT2D eigenvalue weighted by molar-refractivity contribution is -0.116.